The van der Waals surface area contributed by atoms with Crippen molar-refractivity contribution < 1.29 is 24.1 Å². The van der Waals surface area contributed by atoms with Gasteiger partial charge in [0, 0.05) is 42.1 Å². The van der Waals surface area contributed by atoms with Crippen molar-refractivity contribution in [1.29, 1.82) is 0 Å². The lowest BCUT2D eigenvalue weighted by Gasteiger charge is -2.33. The molecule has 2 aromatic rings. The van der Waals surface area contributed by atoms with Crippen LogP contribution in [-0.2, 0) is 25.7 Å². The van der Waals surface area contributed by atoms with E-state index in [4.69, 9.17) is 47.3 Å². The fourth-order valence-electron chi connectivity index (χ4n) is 3.84. The number of nitrogens with zero attached hydrogens (tertiary/aromatic N) is 1. The van der Waals surface area contributed by atoms with Gasteiger partial charge in [0.1, 0.15) is 0 Å². The molecule has 0 radical (unpaired) electrons. The Morgan fingerprint density at radius 3 is 2.26 bits per heavy atom. The van der Waals surface area contributed by atoms with Gasteiger partial charge in [0.05, 0.1) is 39.6 Å². The molecule has 1 heterocycles. The summed E-state index contributed by atoms with van der Waals surface area (Å²) in [6.07, 6.45) is 0. The standard InChI is InChI=1S/C25H35Cl2N3O5/c1-28-7-9-31-11-13-33-14-12-32-10-8-29-35-34-21-5-3-19(4-6-21)23-17-30(2)18-24-22(23)15-20(26)16-25(24)27/h3-6,15-16,23,28-29H,7-14,17-18H2,1-2H3. The Bertz CT molecular complexity index is 888. The largest absolute Gasteiger partial charge is 0.378 e. The quantitative estimate of drug-likeness (QED) is 0.194. The monoisotopic (exact) mass is 527 g/mol. The molecule has 8 nitrogen and oxygen atoms in total. The van der Waals surface area contributed by atoms with Crippen LogP contribution < -0.4 is 15.7 Å². The third kappa shape index (κ3) is 9.49. The number of halogens is 2. The number of hydroxylamine groups is 1. The van der Waals surface area contributed by atoms with E-state index in [1.54, 1.807) is 0 Å². The van der Waals surface area contributed by atoms with Crippen molar-refractivity contribution in [2.45, 2.75) is 12.5 Å². The van der Waals surface area contributed by atoms with Gasteiger partial charge in [0.15, 0.2) is 5.75 Å². The molecule has 0 saturated heterocycles. The summed E-state index contributed by atoms with van der Waals surface area (Å²) in [7, 11) is 3.99. The molecule has 194 valence electrons. The van der Waals surface area contributed by atoms with Crippen molar-refractivity contribution in [3.8, 4) is 5.75 Å². The van der Waals surface area contributed by atoms with Gasteiger partial charge in [-0.25, -0.2) is 0 Å². The molecule has 1 atom stereocenters. The van der Waals surface area contributed by atoms with E-state index in [1.807, 2.05) is 43.4 Å². The van der Waals surface area contributed by atoms with Crippen LogP contribution in [0, 0.1) is 0 Å². The van der Waals surface area contributed by atoms with Gasteiger partial charge in [-0.05, 0) is 55.1 Å². The summed E-state index contributed by atoms with van der Waals surface area (Å²) in [6, 6.07) is 11.7. The molecular weight excluding hydrogens is 493 g/mol. The number of benzene rings is 2. The summed E-state index contributed by atoms with van der Waals surface area (Å²) in [5, 5.41) is 4.39. The van der Waals surface area contributed by atoms with Gasteiger partial charge < -0.3 is 29.3 Å². The first-order valence-corrected chi connectivity index (χ1v) is 12.5. The molecule has 0 aromatic heterocycles. The SMILES string of the molecule is CNCCOCCOCCOCCNOOc1ccc(C2CN(C)Cc3c(Cl)cc(Cl)cc32)cc1. The van der Waals surface area contributed by atoms with E-state index in [9.17, 15) is 0 Å². The van der Waals surface area contributed by atoms with E-state index < -0.39 is 0 Å². The lowest BCUT2D eigenvalue weighted by molar-refractivity contribution is -0.259. The van der Waals surface area contributed by atoms with Crippen molar-refractivity contribution in [2.24, 2.45) is 0 Å². The first-order valence-electron chi connectivity index (χ1n) is 11.8. The van der Waals surface area contributed by atoms with Crippen molar-refractivity contribution in [1.82, 2.24) is 15.7 Å². The Labute approximate surface area is 217 Å². The van der Waals surface area contributed by atoms with Crippen LogP contribution in [0.4, 0.5) is 0 Å². The van der Waals surface area contributed by atoms with Gasteiger partial charge in [0.25, 0.3) is 0 Å². The Morgan fingerprint density at radius 1 is 0.914 bits per heavy atom. The molecule has 2 N–H and O–H groups in total. The number of likely N-dealkylation sites (N-methyl/N-ethyl adjacent to an activating group) is 2. The Hall–Kier alpha value is -1.46. The van der Waals surface area contributed by atoms with Gasteiger partial charge >= 0.3 is 0 Å². The van der Waals surface area contributed by atoms with Gasteiger partial charge in [-0.2, -0.15) is 5.48 Å². The second-order valence-electron chi connectivity index (χ2n) is 8.28. The molecule has 0 aliphatic carbocycles. The summed E-state index contributed by atoms with van der Waals surface area (Å²) in [5.74, 6) is 0.779. The molecule has 35 heavy (non-hydrogen) atoms. The molecule has 3 rings (SSSR count). The van der Waals surface area contributed by atoms with Gasteiger partial charge in [-0.3, -0.25) is 0 Å². The zero-order valence-corrected chi connectivity index (χ0v) is 21.9. The summed E-state index contributed by atoms with van der Waals surface area (Å²) >= 11 is 12.7. The minimum absolute atomic E-state index is 0.181. The molecular formula is C25H35Cl2N3O5. The zero-order chi connectivity index (χ0) is 24.9. The van der Waals surface area contributed by atoms with Crippen LogP contribution in [0.1, 0.15) is 22.6 Å². The molecule has 0 amide bonds. The normalized spacial score (nSPS) is 15.8. The lowest BCUT2D eigenvalue weighted by atomic mass is 9.85. The molecule has 1 aliphatic rings. The minimum atomic E-state index is 0.181. The van der Waals surface area contributed by atoms with Crippen molar-refractivity contribution in [3.05, 3.63) is 63.1 Å². The predicted octanol–water partition coefficient (Wildman–Crippen LogP) is 3.65. The molecule has 10 heteroatoms. The van der Waals surface area contributed by atoms with E-state index in [1.165, 1.54) is 5.56 Å². The highest BCUT2D eigenvalue weighted by atomic mass is 35.5. The van der Waals surface area contributed by atoms with Crippen LogP contribution in [0.15, 0.2) is 36.4 Å². The maximum Gasteiger partial charge on any atom is 0.167 e. The van der Waals surface area contributed by atoms with E-state index in [2.05, 4.69) is 22.7 Å². The first kappa shape index (κ1) is 28.1. The fraction of sp³-hybridized carbons (Fsp3) is 0.520. The van der Waals surface area contributed by atoms with E-state index in [0.29, 0.717) is 62.0 Å². The minimum Gasteiger partial charge on any atom is -0.378 e. The van der Waals surface area contributed by atoms with Crippen LogP contribution in [-0.4, -0.2) is 78.3 Å². The average molecular weight is 528 g/mol. The summed E-state index contributed by atoms with van der Waals surface area (Å²) in [5.41, 5.74) is 6.19. The van der Waals surface area contributed by atoms with Gasteiger partial charge in [-0.1, -0.05) is 40.3 Å². The molecule has 1 unspecified atom stereocenters. The molecule has 0 fully saturated rings. The second kappa shape index (κ2) is 15.6. The lowest BCUT2D eigenvalue weighted by Crippen LogP contribution is -2.31. The number of hydrogen-bond acceptors (Lipinski definition) is 8. The van der Waals surface area contributed by atoms with Crippen molar-refractivity contribution >= 4 is 23.2 Å². The molecule has 0 saturated carbocycles. The first-order chi connectivity index (χ1) is 17.1. The van der Waals surface area contributed by atoms with Gasteiger partial charge in [0.2, 0.25) is 0 Å². The fourth-order valence-corrected chi connectivity index (χ4v) is 4.40. The topological polar surface area (TPSA) is 73.5 Å². The average Bonchev–Trinajstić information content (AvgIpc) is 2.85. The van der Waals surface area contributed by atoms with E-state index in [-0.39, 0.29) is 5.92 Å². The molecule has 1 aliphatic heterocycles. The number of hydrogen-bond donors (Lipinski definition) is 2. The summed E-state index contributed by atoms with van der Waals surface area (Å²) in [4.78, 5) is 12.7. The van der Waals surface area contributed by atoms with Crippen LogP contribution in [0.2, 0.25) is 10.0 Å². The molecule has 0 spiro atoms. The Balaban J connectivity index is 1.31. The summed E-state index contributed by atoms with van der Waals surface area (Å²) < 4.78 is 16.3. The van der Waals surface area contributed by atoms with E-state index in [0.717, 1.165) is 30.8 Å². The number of nitrogens with one attached hydrogen (secondary N) is 2. The van der Waals surface area contributed by atoms with Crippen molar-refractivity contribution in [3.63, 3.8) is 0 Å². The zero-order valence-electron chi connectivity index (χ0n) is 20.4. The third-order valence-electron chi connectivity index (χ3n) is 5.56. The highest BCUT2D eigenvalue weighted by molar-refractivity contribution is 6.35. The summed E-state index contributed by atoms with van der Waals surface area (Å²) in [6.45, 7) is 6.37. The molecule has 2 aromatic carbocycles. The van der Waals surface area contributed by atoms with Gasteiger partial charge in [-0.15, -0.1) is 0 Å². The number of fused-ring (bicyclic) bond motifs is 1. The maximum absolute atomic E-state index is 6.47. The maximum atomic E-state index is 6.47. The second-order valence-corrected chi connectivity index (χ2v) is 9.12. The third-order valence-corrected chi connectivity index (χ3v) is 6.12. The number of rotatable bonds is 16. The molecule has 0 bridgehead atoms. The smallest absolute Gasteiger partial charge is 0.167 e. The highest BCUT2D eigenvalue weighted by Crippen LogP contribution is 2.38. The van der Waals surface area contributed by atoms with E-state index >= 15 is 0 Å². The Morgan fingerprint density at radius 2 is 1.57 bits per heavy atom. The van der Waals surface area contributed by atoms with Crippen LogP contribution in [0.5, 0.6) is 5.75 Å². The van der Waals surface area contributed by atoms with Crippen LogP contribution >= 0.6 is 23.2 Å². The van der Waals surface area contributed by atoms with Crippen molar-refractivity contribution in [2.75, 3.05) is 73.4 Å². The van der Waals surface area contributed by atoms with Crippen LogP contribution in [0.25, 0.3) is 0 Å². The highest BCUT2D eigenvalue weighted by Gasteiger charge is 2.27. The number of ether oxygens (including phenoxy) is 3. The van der Waals surface area contributed by atoms with Crippen LogP contribution in [0.3, 0.4) is 0 Å². The Kier molecular flexibility index (Phi) is 12.5. The predicted molar refractivity (Wildman–Crippen MR) is 137 cm³/mol.